The molecule has 0 saturated heterocycles. The molecule has 5 aliphatic carbocycles. The molecule has 0 radical (unpaired) electrons. The number of hydrogen-bond acceptors (Lipinski definition) is 0. The van der Waals surface area contributed by atoms with E-state index in [1.54, 1.807) is 64.2 Å². The average molecular weight is 413 g/mol. The molecule has 0 nitrogen and oxygen atoms in total. The van der Waals surface area contributed by atoms with Gasteiger partial charge in [0.25, 0.3) is 0 Å². The molecule has 8 atom stereocenters. The minimum absolute atomic E-state index is 1.00. The molecule has 0 aromatic rings. The van der Waals surface area contributed by atoms with Gasteiger partial charge in [0.05, 0.1) is 0 Å². The second kappa shape index (κ2) is 9.09. The Balaban J connectivity index is 1.48. The van der Waals surface area contributed by atoms with Gasteiger partial charge in [0.15, 0.2) is 0 Å². The molecular weight excluding hydrogens is 360 g/mol. The van der Waals surface area contributed by atoms with Crippen molar-refractivity contribution in [1.82, 2.24) is 0 Å². The van der Waals surface area contributed by atoms with Gasteiger partial charge in [-0.25, -0.2) is 0 Å². The Morgan fingerprint density at radius 3 is 1.03 bits per heavy atom. The summed E-state index contributed by atoms with van der Waals surface area (Å²) < 4.78 is 0. The first-order valence-corrected chi connectivity index (χ1v) is 14.5. The van der Waals surface area contributed by atoms with Crippen molar-refractivity contribution < 1.29 is 0 Å². The highest BCUT2D eigenvalue weighted by molar-refractivity contribution is 5.04. The van der Waals surface area contributed by atoms with Gasteiger partial charge in [-0.3, -0.25) is 0 Å². The van der Waals surface area contributed by atoms with Crippen molar-refractivity contribution in [3.63, 3.8) is 0 Å². The normalized spacial score (nSPS) is 54.8. The first kappa shape index (κ1) is 21.8. The van der Waals surface area contributed by atoms with E-state index >= 15 is 0 Å². The topological polar surface area (TPSA) is 0 Å². The summed E-state index contributed by atoms with van der Waals surface area (Å²) in [6, 6.07) is 0. The zero-order valence-electron chi connectivity index (χ0n) is 20.8. The van der Waals surface area contributed by atoms with Crippen LogP contribution in [0.15, 0.2) is 0 Å². The van der Waals surface area contributed by atoms with E-state index in [0.717, 1.165) is 71.0 Å². The lowest BCUT2D eigenvalue weighted by atomic mass is 9.44. The molecule has 5 saturated carbocycles. The molecule has 30 heavy (non-hydrogen) atoms. The van der Waals surface area contributed by atoms with Gasteiger partial charge in [0.1, 0.15) is 0 Å². The predicted molar refractivity (Wildman–Crippen MR) is 129 cm³/mol. The van der Waals surface area contributed by atoms with E-state index in [0.29, 0.717) is 0 Å². The Labute approximate surface area is 188 Å². The predicted octanol–water partition coefficient (Wildman–Crippen LogP) is 8.99. The number of fused-ring (bicyclic) bond motifs is 3. The summed E-state index contributed by atoms with van der Waals surface area (Å²) in [5.41, 5.74) is 0. The van der Waals surface area contributed by atoms with Crippen LogP contribution in [0, 0.1) is 71.0 Å². The van der Waals surface area contributed by atoms with E-state index < -0.39 is 0 Å². The van der Waals surface area contributed by atoms with Crippen molar-refractivity contribution in [2.45, 2.75) is 118 Å². The van der Waals surface area contributed by atoms with Gasteiger partial charge in [0, 0.05) is 0 Å². The summed E-state index contributed by atoms with van der Waals surface area (Å²) in [6.07, 6.45) is 21.9. The Morgan fingerprint density at radius 1 is 0.333 bits per heavy atom. The molecule has 0 heteroatoms. The van der Waals surface area contributed by atoms with Crippen molar-refractivity contribution in [3.05, 3.63) is 0 Å². The van der Waals surface area contributed by atoms with Crippen LogP contribution in [-0.2, 0) is 0 Å². The molecule has 5 rings (SSSR count). The number of rotatable bonds is 2. The lowest BCUT2D eigenvalue weighted by Crippen LogP contribution is -2.54. The SMILES string of the molecule is CC1CCC(C2C3CCC(C)CC3C3CC(C)CCC3C2C2CCC(C)CC2)CC1. The number of hydrogen-bond donors (Lipinski definition) is 0. The fourth-order valence-corrected chi connectivity index (χ4v) is 10.1. The zero-order valence-corrected chi connectivity index (χ0v) is 20.8. The molecule has 0 aromatic carbocycles. The largest absolute Gasteiger partial charge is 0.0625 e. The Hall–Kier alpha value is 0. The van der Waals surface area contributed by atoms with Crippen molar-refractivity contribution in [2.75, 3.05) is 0 Å². The van der Waals surface area contributed by atoms with E-state index in [-0.39, 0.29) is 0 Å². The highest BCUT2D eigenvalue weighted by Crippen LogP contribution is 2.63. The monoisotopic (exact) mass is 412 g/mol. The maximum Gasteiger partial charge on any atom is -0.0321 e. The summed E-state index contributed by atoms with van der Waals surface area (Å²) in [7, 11) is 0. The smallest absolute Gasteiger partial charge is 0.0321 e. The van der Waals surface area contributed by atoms with Gasteiger partial charge in [-0.1, -0.05) is 66.2 Å². The van der Waals surface area contributed by atoms with Crippen LogP contribution in [-0.4, -0.2) is 0 Å². The molecular formula is C30H52. The molecule has 0 N–H and O–H groups in total. The summed E-state index contributed by atoms with van der Waals surface area (Å²) in [4.78, 5) is 0. The summed E-state index contributed by atoms with van der Waals surface area (Å²) in [5, 5.41) is 0. The Morgan fingerprint density at radius 2 is 0.667 bits per heavy atom. The molecule has 8 unspecified atom stereocenters. The quantitative estimate of drug-likeness (QED) is 0.424. The van der Waals surface area contributed by atoms with Crippen molar-refractivity contribution in [2.24, 2.45) is 71.0 Å². The van der Waals surface area contributed by atoms with Gasteiger partial charge >= 0.3 is 0 Å². The molecule has 0 spiro atoms. The maximum atomic E-state index is 2.59. The molecule has 5 aliphatic rings. The maximum absolute atomic E-state index is 2.59. The summed E-state index contributed by atoms with van der Waals surface area (Å²) in [6.45, 7) is 10.2. The third-order valence-electron chi connectivity index (χ3n) is 11.6. The van der Waals surface area contributed by atoms with Gasteiger partial charge < -0.3 is 0 Å². The van der Waals surface area contributed by atoms with Crippen LogP contribution in [0.3, 0.4) is 0 Å². The van der Waals surface area contributed by atoms with Crippen molar-refractivity contribution in [3.8, 4) is 0 Å². The van der Waals surface area contributed by atoms with Crippen molar-refractivity contribution in [1.29, 1.82) is 0 Å². The fraction of sp³-hybridized carbons (Fsp3) is 1.00. The van der Waals surface area contributed by atoms with Crippen LogP contribution < -0.4 is 0 Å². The third-order valence-corrected chi connectivity index (χ3v) is 11.6. The van der Waals surface area contributed by atoms with E-state index in [2.05, 4.69) is 27.7 Å². The molecule has 0 amide bonds. The Bertz CT molecular complexity index is 498. The highest BCUT2D eigenvalue weighted by atomic mass is 14.6. The van der Waals surface area contributed by atoms with Gasteiger partial charge in [-0.15, -0.1) is 0 Å². The van der Waals surface area contributed by atoms with Gasteiger partial charge in [-0.2, -0.15) is 0 Å². The highest BCUT2D eigenvalue weighted by Gasteiger charge is 2.56. The fourth-order valence-electron chi connectivity index (χ4n) is 10.1. The molecule has 0 bridgehead atoms. The first-order chi connectivity index (χ1) is 14.5. The summed E-state index contributed by atoms with van der Waals surface area (Å²) >= 11 is 0. The average Bonchev–Trinajstić information content (AvgIpc) is 2.74. The van der Waals surface area contributed by atoms with E-state index in [9.17, 15) is 0 Å². The van der Waals surface area contributed by atoms with Crippen LogP contribution in [0.25, 0.3) is 0 Å². The van der Waals surface area contributed by atoms with E-state index in [1.165, 1.54) is 25.7 Å². The Kier molecular flexibility index (Phi) is 6.62. The van der Waals surface area contributed by atoms with Crippen LogP contribution in [0.2, 0.25) is 0 Å². The second-order valence-corrected chi connectivity index (χ2v) is 13.7. The molecule has 0 aliphatic heterocycles. The molecule has 5 fully saturated rings. The first-order valence-electron chi connectivity index (χ1n) is 14.5. The van der Waals surface area contributed by atoms with Gasteiger partial charge in [0.2, 0.25) is 0 Å². The van der Waals surface area contributed by atoms with Crippen LogP contribution in [0.4, 0.5) is 0 Å². The third kappa shape index (κ3) is 4.17. The van der Waals surface area contributed by atoms with Gasteiger partial charge in [-0.05, 0) is 122 Å². The molecule has 0 heterocycles. The van der Waals surface area contributed by atoms with Crippen molar-refractivity contribution >= 4 is 0 Å². The molecule has 172 valence electrons. The van der Waals surface area contributed by atoms with Crippen LogP contribution in [0.5, 0.6) is 0 Å². The van der Waals surface area contributed by atoms with Crippen LogP contribution >= 0.6 is 0 Å². The van der Waals surface area contributed by atoms with Crippen LogP contribution in [0.1, 0.15) is 118 Å². The second-order valence-electron chi connectivity index (χ2n) is 13.7. The lowest BCUT2D eigenvalue weighted by Gasteiger charge is -2.61. The van der Waals surface area contributed by atoms with E-state index in [4.69, 9.17) is 0 Å². The standard InChI is InChI=1S/C30H52/c1-19-5-11-23(12-6-19)29-25-15-9-21(3)17-27(25)28-18-22(4)10-16-26(28)30(29)24-13-7-20(2)8-14-24/h19-30H,5-18H2,1-4H3. The minimum atomic E-state index is 1.00. The lowest BCUT2D eigenvalue weighted by molar-refractivity contribution is -0.127. The minimum Gasteiger partial charge on any atom is -0.0625 e. The summed E-state index contributed by atoms with van der Waals surface area (Å²) in [5.74, 6) is 12.8. The van der Waals surface area contributed by atoms with E-state index in [1.807, 2.05) is 0 Å². The molecule has 0 aromatic heterocycles. The zero-order chi connectivity index (χ0) is 20.8.